The minimum Gasteiger partial charge on any atom is -0.384 e. The summed E-state index contributed by atoms with van der Waals surface area (Å²) in [5, 5.41) is 0.708. The van der Waals surface area contributed by atoms with Crippen LogP contribution >= 0.6 is 11.6 Å². The maximum absolute atomic E-state index is 6.44. The number of aryl methyl sites for hydroxylation is 1. The van der Waals surface area contributed by atoms with Crippen LogP contribution in [0.1, 0.15) is 57.6 Å². The first-order valence-corrected chi connectivity index (χ1v) is 12.2. The molecular weight excluding hydrogens is 422 g/mol. The highest BCUT2D eigenvalue weighted by atomic mass is 35.5. The molecule has 1 fully saturated rings. The van der Waals surface area contributed by atoms with Crippen molar-refractivity contribution in [2.24, 2.45) is 22.4 Å². The van der Waals surface area contributed by atoms with Crippen LogP contribution in [0.4, 0.5) is 0 Å². The van der Waals surface area contributed by atoms with Crippen LogP contribution in [0.15, 0.2) is 34.7 Å². The molecular formula is C25H42ClN5O. The number of aliphatic imine (C=N–C) groups is 1. The van der Waals surface area contributed by atoms with Crippen molar-refractivity contribution in [2.45, 2.75) is 59.4 Å². The second-order valence-corrected chi connectivity index (χ2v) is 9.38. The lowest BCUT2D eigenvalue weighted by molar-refractivity contribution is 0.0104. The van der Waals surface area contributed by atoms with Crippen molar-refractivity contribution in [3.63, 3.8) is 0 Å². The Morgan fingerprint density at radius 2 is 1.91 bits per heavy atom. The van der Waals surface area contributed by atoms with Crippen molar-refractivity contribution in [1.82, 2.24) is 9.80 Å². The SMILES string of the molecule is CC[C@H](C)CCCC(C)N(CN1CCOCC1)C(=C(N)N)/C(=N\C)c1ccc(C)c(Cl)c1. The number of allylic oxidation sites excluding steroid dienone is 1. The van der Waals surface area contributed by atoms with Crippen LogP contribution in [0.3, 0.4) is 0 Å². The van der Waals surface area contributed by atoms with Gasteiger partial charge < -0.3 is 21.1 Å². The third-order valence-electron chi connectivity index (χ3n) is 6.46. The first kappa shape index (κ1) is 26.5. The van der Waals surface area contributed by atoms with Crippen LogP contribution < -0.4 is 11.5 Å². The van der Waals surface area contributed by atoms with Gasteiger partial charge in [-0.2, -0.15) is 0 Å². The van der Waals surface area contributed by atoms with Crippen LogP contribution in [0.25, 0.3) is 0 Å². The molecule has 1 aromatic rings. The number of nitrogens with two attached hydrogens (primary N) is 2. The predicted molar refractivity (Wildman–Crippen MR) is 136 cm³/mol. The van der Waals surface area contributed by atoms with Gasteiger partial charge in [-0.05, 0) is 37.8 Å². The molecule has 0 spiro atoms. The molecule has 0 aliphatic carbocycles. The lowest BCUT2D eigenvalue weighted by Gasteiger charge is -2.39. The van der Waals surface area contributed by atoms with Crippen molar-refractivity contribution in [3.05, 3.63) is 45.9 Å². The zero-order valence-corrected chi connectivity index (χ0v) is 21.3. The van der Waals surface area contributed by atoms with E-state index in [0.29, 0.717) is 5.02 Å². The molecule has 180 valence electrons. The van der Waals surface area contributed by atoms with Crippen LogP contribution in [0.2, 0.25) is 5.02 Å². The van der Waals surface area contributed by atoms with Gasteiger partial charge in [0, 0.05) is 36.8 Å². The number of halogens is 1. The third kappa shape index (κ3) is 7.39. The number of hydrogen-bond acceptors (Lipinski definition) is 6. The topological polar surface area (TPSA) is 80.1 Å². The van der Waals surface area contributed by atoms with Crippen molar-refractivity contribution in [2.75, 3.05) is 40.0 Å². The van der Waals surface area contributed by atoms with Crippen LogP contribution in [-0.2, 0) is 4.74 Å². The summed E-state index contributed by atoms with van der Waals surface area (Å²) in [6, 6.07) is 6.25. The Labute approximate surface area is 199 Å². The van der Waals surface area contributed by atoms with E-state index in [1.54, 1.807) is 7.05 Å². The summed E-state index contributed by atoms with van der Waals surface area (Å²) in [7, 11) is 1.78. The molecule has 0 amide bonds. The maximum atomic E-state index is 6.44. The van der Waals surface area contributed by atoms with Gasteiger partial charge in [0.2, 0.25) is 0 Å². The average molecular weight is 464 g/mol. The second-order valence-electron chi connectivity index (χ2n) is 8.98. The standard InChI is InChI=1S/C25H42ClN5O/c1-6-18(2)8-7-9-20(4)31(17-30-12-14-32-15-13-30)24(25(27)28)23(29-5)21-11-10-19(3)22(26)16-21/h10-11,16,18,20H,6-9,12-15,17,27-28H2,1-5H3/b29-23-/t18-,20?/m0/s1. The van der Waals surface area contributed by atoms with E-state index in [0.717, 1.165) is 67.8 Å². The molecule has 2 rings (SSSR count). The molecule has 1 aromatic carbocycles. The molecule has 32 heavy (non-hydrogen) atoms. The highest BCUT2D eigenvalue weighted by Crippen LogP contribution is 2.25. The zero-order chi connectivity index (χ0) is 23.7. The first-order chi connectivity index (χ1) is 15.3. The molecule has 0 aromatic heterocycles. The van der Waals surface area contributed by atoms with Crippen molar-refractivity contribution >= 4 is 17.3 Å². The molecule has 7 heteroatoms. The Morgan fingerprint density at radius 3 is 2.47 bits per heavy atom. The van der Waals surface area contributed by atoms with Gasteiger partial charge in [0.25, 0.3) is 0 Å². The normalized spacial score (nSPS) is 17.1. The van der Waals surface area contributed by atoms with Gasteiger partial charge in [0.1, 0.15) is 11.5 Å². The summed E-state index contributed by atoms with van der Waals surface area (Å²) in [5.41, 5.74) is 16.1. The Kier molecular flexibility index (Phi) is 10.8. The van der Waals surface area contributed by atoms with Crippen molar-refractivity contribution < 1.29 is 4.74 Å². The fourth-order valence-corrected chi connectivity index (χ4v) is 4.24. The quantitative estimate of drug-likeness (QED) is 0.477. The molecule has 0 bridgehead atoms. The third-order valence-corrected chi connectivity index (χ3v) is 6.86. The van der Waals surface area contributed by atoms with E-state index < -0.39 is 0 Å². The Bertz CT molecular complexity index is 785. The van der Waals surface area contributed by atoms with E-state index in [1.165, 1.54) is 19.3 Å². The molecule has 0 radical (unpaired) electrons. The lowest BCUT2D eigenvalue weighted by Crippen LogP contribution is -2.49. The predicted octanol–water partition coefficient (Wildman–Crippen LogP) is 4.35. The monoisotopic (exact) mass is 463 g/mol. The van der Waals surface area contributed by atoms with Gasteiger partial charge >= 0.3 is 0 Å². The summed E-state index contributed by atoms with van der Waals surface area (Å²) >= 11 is 6.44. The Morgan fingerprint density at radius 1 is 1.22 bits per heavy atom. The smallest absolute Gasteiger partial charge is 0.120 e. The van der Waals surface area contributed by atoms with E-state index in [4.69, 9.17) is 27.8 Å². The summed E-state index contributed by atoms with van der Waals surface area (Å²) < 4.78 is 5.56. The minimum absolute atomic E-state index is 0.261. The van der Waals surface area contributed by atoms with Crippen molar-refractivity contribution in [3.8, 4) is 0 Å². The molecule has 6 nitrogen and oxygen atoms in total. The number of nitrogens with zero attached hydrogens (tertiary/aromatic N) is 3. The van der Waals surface area contributed by atoms with Crippen LogP contribution in [0.5, 0.6) is 0 Å². The van der Waals surface area contributed by atoms with Gasteiger partial charge in [0.05, 0.1) is 25.6 Å². The molecule has 1 unspecified atom stereocenters. The number of hydrogen-bond donors (Lipinski definition) is 2. The summed E-state index contributed by atoms with van der Waals surface area (Å²) in [6.45, 7) is 12.8. The van der Waals surface area contributed by atoms with Gasteiger partial charge in [-0.3, -0.25) is 9.89 Å². The molecule has 1 aliphatic rings. The van der Waals surface area contributed by atoms with Crippen LogP contribution in [-0.4, -0.2) is 61.6 Å². The zero-order valence-electron chi connectivity index (χ0n) is 20.5. The minimum atomic E-state index is 0.261. The van der Waals surface area contributed by atoms with E-state index in [9.17, 15) is 0 Å². The number of morpholine rings is 1. The van der Waals surface area contributed by atoms with Crippen molar-refractivity contribution in [1.29, 1.82) is 0 Å². The van der Waals surface area contributed by atoms with E-state index >= 15 is 0 Å². The van der Waals surface area contributed by atoms with Gasteiger partial charge in [-0.15, -0.1) is 0 Å². The molecule has 2 atom stereocenters. The first-order valence-electron chi connectivity index (χ1n) is 11.8. The fraction of sp³-hybridized carbons (Fsp3) is 0.640. The number of rotatable bonds is 11. The lowest BCUT2D eigenvalue weighted by atomic mass is 9.98. The molecule has 1 aliphatic heterocycles. The highest BCUT2D eigenvalue weighted by Gasteiger charge is 2.27. The van der Waals surface area contributed by atoms with Gasteiger partial charge in [-0.1, -0.05) is 56.8 Å². The molecule has 1 heterocycles. The summed E-state index contributed by atoms with van der Waals surface area (Å²) in [4.78, 5) is 9.35. The van der Waals surface area contributed by atoms with E-state index in [2.05, 4.69) is 35.6 Å². The highest BCUT2D eigenvalue weighted by molar-refractivity contribution is 6.32. The summed E-state index contributed by atoms with van der Waals surface area (Å²) in [5.74, 6) is 1.02. The van der Waals surface area contributed by atoms with Gasteiger partial charge in [-0.25, -0.2) is 0 Å². The number of ether oxygens (including phenoxy) is 1. The number of benzene rings is 1. The van der Waals surface area contributed by atoms with Crippen LogP contribution in [0, 0.1) is 12.8 Å². The van der Waals surface area contributed by atoms with E-state index in [-0.39, 0.29) is 11.9 Å². The molecule has 4 N–H and O–H groups in total. The Balaban J connectivity index is 2.36. The van der Waals surface area contributed by atoms with Gasteiger partial charge in [0.15, 0.2) is 0 Å². The molecule has 1 saturated heterocycles. The maximum Gasteiger partial charge on any atom is 0.120 e. The largest absolute Gasteiger partial charge is 0.384 e. The van der Waals surface area contributed by atoms with E-state index in [1.807, 2.05) is 25.1 Å². The second kappa shape index (κ2) is 13.1. The fourth-order valence-electron chi connectivity index (χ4n) is 4.06. The molecule has 0 saturated carbocycles. The Hall–Kier alpha value is -1.76. The average Bonchev–Trinajstić information content (AvgIpc) is 2.78. The summed E-state index contributed by atoms with van der Waals surface area (Å²) in [6.07, 6.45) is 4.68.